The van der Waals surface area contributed by atoms with E-state index in [1.54, 1.807) is 30.3 Å². The number of aliphatic hydroxyl groups is 2. The first-order valence-electron chi connectivity index (χ1n) is 17.5. The highest BCUT2D eigenvalue weighted by Gasteiger charge is 2.35. The number of benzene rings is 1. The van der Waals surface area contributed by atoms with Crippen LogP contribution in [0.2, 0.25) is 0 Å². The predicted octanol–water partition coefficient (Wildman–Crippen LogP) is -5.93. The van der Waals surface area contributed by atoms with Crippen molar-refractivity contribution in [1.29, 1.82) is 0 Å². The van der Waals surface area contributed by atoms with Crippen LogP contribution in [-0.4, -0.2) is 125 Å². The van der Waals surface area contributed by atoms with Crippen LogP contribution in [0.15, 0.2) is 30.3 Å². The van der Waals surface area contributed by atoms with Crippen LogP contribution in [0.5, 0.6) is 0 Å². The summed E-state index contributed by atoms with van der Waals surface area (Å²) in [4.78, 5) is 125. The number of carbonyl (C=O) groups is 10. The maximum Gasteiger partial charge on any atom is 0.245 e. The van der Waals surface area contributed by atoms with Gasteiger partial charge < -0.3 is 64.6 Å². The maximum absolute atomic E-state index is 13.6. The third kappa shape index (κ3) is 17.8. The summed E-state index contributed by atoms with van der Waals surface area (Å²) in [6.45, 7) is 1.24. The number of likely N-dealkylation sites (N-methyl/N-ethyl adjacent to an activating group) is 1. The summed E-state index contributed by atoms with van der Waals surface area (Å²) >= 11 is 0. The molecule has 0 bridgehead atoms. The van der Waals surface area contributed by atoms with Gasteiger partial charge >= 0.3 is 0 Å². The van der Waals surface area contributed by atoms with Gasteiger partial charge in [-0.3, -0.25) is 47.9 Å². The molecule has 310 valence electrons. The van der Waals surface area contributed by atoms with Gasteiger partial charge in [-0.05, 0) is 31.7 Å². The van der Waals surface area contributed by atoms with Crippen LogP contribution < -0.4 is 54.4 Å². The van der Waals surface area contributed by atoms with E-state index < -0.39 is 134 Å². The van der Waals surface area contributed by atoms with Crippen LogP contribution in [0.25, 0.3) is 0 Å². The molecule has 0 aliphatic heterocycles. The zero-order valence-electron chi connectivity index (χ0n) is 31.3. The molecule has 10 amide bonds. The van der Waals surface area contributed by atoms with Crippen molar-refractivity contribution in [3.05, 3.63) is 35.9 Å². The minimum absolute atomic E-state index is 0.0500. The fourth-order valence-corrected chi connectivity index (χ4v) is 5.08. The van der Waals surface area contributed by atoms with Crippen molar-refractivity contribution >= 4 is 59.1 Å². The summed E-state index contributed by atoms with van der Waals surface area (Å²) in [5, 5.41) is 36.6. The van der Waals surface area contributed by atoms with Gasteiger partial charge in [-0.2, -0.15) is 0 Å². The van der Waals surface area contributed by atoms with Crippen molar-refractivity contribution < 1.29 is 58.2 Å². The van der Waals surface area contributed by atoms with E-state index >= 15 is 0 Å². The average Bonchev–Trinajstić information content (AvgIpc) is 3.13. The number of carbonyl (C=O) groups excluding carboxylic acids is 10. The summed E-state index contributed by atoms with van der Waals surface area (Å²) in [6, 6.07) is -0.555. The maximum atomic E-state index is 13.6. The fraction of sp³-hybridized carbons (Fsp3) is 0.529. The van der Waals surface area contributed by atoms with Crippen LogP contribution in [0.1, 0.15) is 57.9 Å². The highest BCUT2D eigenvalue weighted by atomic mass is 16.3. The number of amides is 10. The topological polar surface area (TPSA) is 373 Å². The van der Waals surface area contributed by atoms with Gasteiger partial charge in [-0.15, -0.1) is 0 Å². The molecule has 15 N–H and O–H groups in total. The van der Waals surface area contributed by atoms with Crippen molar-refractivity contribution in [3.8, 4) is 0 Å². The fourth-order valence-electron chi connectivity index (χ4n) is 5.08. The standard InChI is InChI=1S/C34H52N10O12/c1-17(46)28(34(56)42-23(29(51)38-3)15-19-7-5-4-6-8-19)44-32(54)22(11-14-27(37)50)40-31(53)21(10-13-26(36)49)41-33(55)24(16-45)43-30(52)20(39-18(2)47)9-12-25(35)48/h4-8,17,20-24,28,45-46H,9-16H2,1-3H3,(H2,35,48)(H2,36,49)(H2,37,50)(H,38,51)(H,39,47)(H,40,53)(H,41,55)(H,42,56)(H,43,52)(H,44,54)/t17?,20-,21-,22-,23-,24-,28-/m0/s1. The molecule has 0 aliphatic carbocycles. The van der Waals surface area contributed by atoms with E-state index in [-0.39, 0.29) is 19.3 Å². The molecule has 22 nitrogen and oxygen atoms in total. The Balaban J connectivity index is 3.27. The van der Waals surface area contributed by atoms with Crippen molar-refractivity contribution in [2.75, 3.05) is 13.7 Å². The second kappa shape index (κ2) is 24.3. The lowest BCUT2D eigenvalue weighted by atomic mass is 10.0. The zero-order valence-corrected chi connectivity index (χ0v) is 31.3. The molecule has 7 atom stereocenters. The molecule has 1 unspecified atom stereocenters. The Morgan fingerprint density at radius 2 is 0.964 bits per heavy atom. The quantitative estimate of drug-likeness (QED) is 0.0441. The van der Waals surface area contributed by atoms with Gasteiger partial charge in [-0.25, -0.2) is 0 Å². The van der Waals surface area contributed by atoms with Gasteiger partial charge in [0, 0.05) is 39.7 Å². The Morgan fingerprint density at radius 3 is 1.36 bits per heavy atom. The van der Waals surface area contributed by atoms with E-state index in [0.717, 1.165) is 6.92 Å². The molecular formula is C34H52N10O12. The molecule has 0 spiro atoms. The molecule has 1 aromatic rings. The molecule has 1 aromatic carbocycles. The van der Waals surface area contributed by atoms with Gasteiger partial charge in [0.2, 0.25) is 59.1 Å². The lowest BCUT2D eigenvalue weighted by Gasteiger charge is -2.28. The Kier molecular flexibility index (Phi) is 20.8. The normalized spacial score (nSPS) is 14.4. The molecule has 0 fully saturated rings. The van der Waals surface area contributed by atoms with Gasteiger partial charge in [0.1, 0.15) is 36.3 Å². The van der Waals surface area contributed by atoms with Gasteiger partial charge in [0.25, 0.3) is 0 Å². The first-order valence-corrected chi connectivity index (χ1v) is 17.5. The van der Waals surface area contributed by atoms with Crippen molar-refractivity contribution in [3.63, 3.8) is 0 Å². The summed E-state index contributed by atoms with van der Waals surface area (Å²) in [7, 11) is 1.35. The summed E-state index contributed by atoms with van der Waals surface area (Å²) < 4.78 is 0. The molecule has 0 aliphatic rings. The van der Waals surface area contributed by atoms with Gasteiger partial charge in [-0.1, -0.05) is 30.3 Å². The number of rotatable bonds is 25. The molecule has 0 aromatic heterocycles. The van der Waals surface area contributed by atoms with E-state index in [2.05, 4.69) is 37.2 Å². The number of aliphatic hydroxyl groups excluding tert-OH is 2. The van der Waals surface area contributed by atoms with Gasteiger partial charge in [0.15, 0.2) is 0 Å². The first-order chi connectivity index (χ1) is 26.3. The zero-order chi connectivity index (χ0) is 42.5. The largest absolute Gasteiger partial charge is 0.394 e. The van der Waals surface area contributed by atoms with Gasteiger partial charge in [0.05, 0.1) is 12.7 Å². The monoisotopic (exact) mass is 792 g/mol. The lowest BCUT2D eigenvalue weighted by molar-refractivity contribution is -0.137. The summed E-state index contributed by atoms with van der Waals surface area (Å²) in [5.41, 5.74) is 16.3. The Morgan fingerprint density at radius 1 is 0.571 bits per heavy atom. The SMILES string of the molecule is CNC(=O)[C@H](Cc1ccccc1)NC(=O)[C@@H](NC(=O)[C@H](CCC(N)=O)NC(=O)[C@H](CCC(N)=O)NC(=O)[C@H](CO)NC(=O)[C@H](CCC(N)=O)NC(C)=O)C(C)O. The van der Waals surface area contributed by atoms with Crippen molar-refractivity contribution in [2.45, 2.75) is 101 Å². The average molecular weight is 793 g/mol. The summed E-state index contributed by atoms with van der Waals surface area (Å²) in [5.74, 6) is -9.14. The molecule has 0 saturated heterocycles. The first kappa shape index (κ1) is 47.9. The van der Waals surface area contributed by atoms with E-state index in [9.17, 15) is 58.2 Å². The third-order valence-corrected chi connectivity index (χ3v) is 8.04. The highest BCUT2D eigenvalue weighted by molar-refractivity contribution is 5.97. The smallest absolute Gasteiger partial charge is 0.245 e. The Labute approximate surface area is 322 Å². The van der Waals surface area contributed by atoms with E-state index in [0.29, 0.717) is 5.56 Å². The summed E-state index contributed by atoms with van der Waals surface area (Å²) in [6.07, 6.45) is -3.93. The Bertz CT molecular complexity index is 1580. The second-order valence-corrected chi connectivity index (χ2v) is 12.7. The highest BCUT2D eigenvalue weighted by Crippen LogP contribution is 2.08. The van der Waals surface area contributed by atoms with Crippen LogP contribution in [-0.2, 0) is 54.4 Å². The molecule has 0 saturated carbocycles. The molecule has 0 heterocycles. The predicted molar refractivity (Wildman–Crippen MR) is 196 cm³/mol. The number of hydrogen-bond donors (Lipinski definition) is 12. The molecule has 1 rings (SSSR count). The number of hydrogen-bond acceptors (Lipinski definition) is 12. The number of primary amides is 3. The van der Waals surface area contributed by atoms with Crippen LogP contribution in [0, 0.1) is 0 Å². The lowest BCUT2D eigenvalue weighted by Crippen LogP contribution is -2.61. The molecule has 56 heavy (non-hydrogen) atoms. The van der Waals surface area contributed by atoms with E-state index in [1.807, 2.05) is 0 Å². The van der Waals surface area contributed by atoms with Crippen LogP contribution >= 0.6 is 0 Å². The van der Waals surface area contributed by atoms with E-state index in [4.69, 9.17) is 17.2 Å². The minimum atomic E-state index is -1.74. The van der Waals surface area contributed by atoms with Crippen LogP contribution in [0.3, 0.4) is 0 Å². The molecular weight excluding hydrogens is 740 g/mol. The second-order valence-electron chi connectivity index (χ2n) is 12.7. The third-order valence-electron chi connectivity index (χ3n) is 8.04. The molecule has 0 radical (unpaired) electrons. The molecule has 22 heteroatoms. The van der Waals surface area contributed by atoms with Crippen molar-refractivity contribution in [1.82, 2.24) is 37.2 Å². The Hall–Kier alpha value is -6.16. The van der Waals surface area contributed by atoms with Crippen LogP contribution in [0.4, 0.5) is 0 Å². The number of nitrogens with two attached hydrogens (primary N) is 3. The number of nitrogens with one attached hydrogen (secondary N) is 7. The van der Waals surface area contributed by atoms with E-state index in [1.165, 1.54) is 14.0 Å². The van der Waals surface area contributed by atoms with Crippen molar-refractivity contribution in [2.24, 2.45) is 17.2 Å². The minimum Gasteiger partial charge on any atom is -0.394 e.